The zero-order valence-electron chi connectivity index (χ0n) is 9.54. The lowest BCUT2D eigenvalue weighted by Crippen LogP contribution is -2.35. The summed E-state index contributed by atoms with van der Waals surface area (Å²) in [6, 6.07) is 0. The molecule has 2 rings (SSSR count). The van der Waals surface area contributed by atoms with Gasteiger partial charge in [-0.3, -0.25) is 4.68 Å². The second-order valence-electron chi connectivity index (χ2n) is 4.05. The molecule has 0 aliphatic carbocycles. The van der Waals surface area contributed by atoms with Gasteiger partial charge in [0.1, 0.15) is 0 Å². The molecule has 1 N–H and O–H groups in total. The smallest absolute Gasteiger partial charge is 0.354 e. The second kappa shape index (κ2) is 3.81. The summed E-state index contributed by atoms with van der Waals surface area (Å²) < 4.78 is 25.4. The van der Waals surface area contributed by atoms with Crippen molar-refractivity contribution in [3.8, 4) is 0 Å². The summed E-state index contributed by atoms with van der Waals surface area (Å²) in [5.74, 6) is -1.09. The topological polar surface area (TPSA) is 92.5 Å². The molecule has 0 aromatic carbocycles. The van der Waals surface area contributed by atoms with Gasteiger partial charge < -0.3 is 5.11 Å². The molecular weight excluding hydrogens is 246 g/mol. The Labute approximate surface area is 98.7 Å². The first-order valence-corrected chi connectivity index (χ1v) is 6.88. The molecule has 1 aromatic heterocycles. The molecule has 0 bridgehead atoms. The molecule has 7 nitrogen and oxygen atoms in total. The van der Waals surface area contributed by atoms with Crippen LogP contribution in [0.3, 0.4) is 0 Å². The Hall–Kier alpha value is -1.41. The van der Waals surface area contributed by atoms with E-state index in [0.717, 1.165) is 6.26 Å². The van der Waals surface area contributed by atoms with Crippen LogP contribution in [0.5, 0.6) is 0 Å². The number of carbonyl (C=O) groups is 1. The highest BCUT2D eigenvalue weighted by atomic mass is 32.2. The highest BCUT2D eigenvalue weighted by Gasteiger charge is 2.30. The van der Waals surface area contributed by atoms with E-state index in [2.05, 4.69) is 5.10 Å². The van der Waals surface area contributed by atoms with E-state index < -0.39 is 16.0 Å². The Morgan fingerprint density at radius 1 is 1.47 bits per heavy atom. The van der Waals surface area contributed by atoms with Crippen molar-refractivity contribution in [1.82, 2.24) is 14.1 Å². The van der Waals surface area contributed by atoms with Crippen LogP contribution in [0, 0.1) is 0 Å². The van der Waals surface area contributed by atoms with Crippen molar-refractivity contribution in [2.45, 2.75) is 13.0 Å². The van der Waals surface area contributed by atoms with Crippen LogP contribution in [0.2, 0.25) is 0 Å². The lowest BCUT2D eigenvalue weighted by atomic mass is 10.1. The number of aryl methyl sites for hydroxylation is 1. The van der Waals surface area contributed by atoms with E-state index in [4.69, 9.17) is 5.11 Å². The number of aromatic carboxylic acids is 1. The van der Waals surface area contributed by atoms with Crippen molar-refractivity contribution in [2.24, 2.45) is 7.05 Å². The van der Waals surface area contributed by atoms with Crippen LogP contribution >= 0.6 is 0 Å². The molecule has 0 fully saturated rings. The van der Waals surface area contributed by atoms with Gasteiger partial charge in [0.2, 0.25) is 10.0 Å². The number of hydrogen-bond donors (Lipinski definition) is 1. The molecule has 8 heteroatoms. The van der Waals surface area contributed by atoms with Gasteiger partial charge in [0.15, 0.2) is 5.69 Å². The zero-order valence-corrected chi connectivity index (χ0v) is 10.4. The molecule has 1 aromatic rings. The van der Waals surface area contributed by atoms with Gasteiger partial charge in [-0.05, 0) is 0 Å². The fourth-order valence-electron chi connectivity index (χ4n) is 2.03. The second-order valence-corrected chi connectivity index (χ2v) is 6.03. The predicted molar refractivity (Wildman–Crippen MR) is 59.1 cm³/mol. The Kier molecular flexibility index (Phi) is 2.70. The minimum atomic E-state index is -3.30. The number of carboxylic acids is 1. The van der Waals surface area contributed by atoms with Crippen LogP contribution < -0.4 is 0 Å². The first-order valence-electron chi connectivity index (χ1n) is 5.04. The van der Waals surface area contributed by atoms with E-state index in [-0.39, 0.29) is 12.2 Å². The van der Waals surface area contributed by atoms with E-state index in [0.29, 0.717) is 24.2 Å². The predicted octanol–water partition coefficient (Wildman–Crippen LogP) is -0.564. The third kappa shape index (κ3) is 2.05. The molecule has 17 heavy (non-hydrogen) atoms. The number of carboxylic acid groups (broad SMARTS) is 1. The average Bonchev–Trinajstić information content (AvgIpc) is 2.50. The SMILES string of the molecule is Cn1nc2c(c1C(=O)O)CN(S(C)(=O)=O)CC2. The van der Waals surface area contributed by atoms with E-state index >= 15 is 0 Å². The molecule has 1 aliphatic rings. The van der Waals surface area contributed by atoms with Crippen molar-refractivity contribution in [3.63, 3.8) is 0 Å². The van der Waals surface area contributed by atoms with Crippen molar-refractivity contribution >= 4 is 16.0 Å². The number of nitrogens with zero attached hydrogens (tertiary/aromatic N) is 3. The van der Waals surface area contributed by atoms with Gasteiger partial charge in [0.05, 0.1) is 11.9 Å². The third-order valence-electron chi connectivity index (χ3n) is 2.83. The van der Waals surface area contributed by atoms with E-state index in [1.54, 1.807) is 7.05 Å². The van der Waals surface area contributed by atoms with Gasteiger partial charge in [-0.25, -0.2) is 13.2 Å². The number of sulfonamides is 1. The van der Waals surface area contributed by atoms with Gasteiger partial charge in [0.25, 0.3) is 0 Å². The highest BCUT2D eigenvalue weighted by molar-refractivity contribution is 7.88. The van der Waals surface area contributed by atoms with Crippen LogP contribution in [-0.2, 0) is 30.0 Å². The maximum absolute atomic E-state index is 11.4. The molecule has 2 heterocycles. The minimum absolute atomic E-state index is 0.0633. The fourth-order valence-corrected chi connectivity index (χ4v) is 2.81. The van der Waals surface area contributed by atoms with E-state index in [1.807, 2.05) is 0 Å². The Bertz CT molecular complexity index is 575. The maximum atomic E-state index is 11.4. The van der Waals surface area contributed by atoms with Crippen LogP contribution in [0.1, 0.15) is 21.7 Å². The molecule has 1 aliphatic heterocycles. The first-order chi connectivity index (χ1) is 7.80. The Morgan fingerprint density at radius 2 is 2.12 bits per heavy atom. The molecule has 0 unspecified atom stereocenters. The number of aromatic nitrogens is 2. The van der Waals surface area contributed by atoms with Crippen LogP contribution in [0.15, 0.2) is 0 Å². The monoisotopic (exact) mass is 259 g/mol. The van der Waals surface area contributed by atoms with Gasteiger partial charge in [-0.2, -0.15) is 9.40 Å². The van der Waals surface area contributed by atoms with Gasteiger partial charge in [0, 0.05) is 32.1 Å². The largest absolute Gasteiger partial charge is 0.477 e. The fraction of sp³-hybridized carbons (Fsp3) is 0.556. The molecule has 0 atom stereocenters. The van der Waals surface area contributed by atoms with Crippen LogP contribution in [0.4, 0.5) is 0 Å². The van der Waals surface area contributed by atoms with E-state index in [1.165, 1.54) is 8.99 Å². The van der Waals surface area contributed by atoms with E-state index in [9.17, 15) is 13.2 Å². The van der Waals surface area contributed by atoms with Gasteiger partial charge >= 0.3 is 5.97 Å². The molecule has 0 saturated carbocycles. The molecule has 94 valence electrons. The first kappa shape index (κ1) is 12.1. The number of hydrogen-bond acceptors (Lipinski definition) is 4. The van der Waals surface area contributed by atoms with Gasteiger partial charge in [-0.1, -0.05) is 0 Å². The quantitative estimate of drug-likeness (QED) is 0.768. The Balaban J connectivity index is 2.46. The van der Waals surface area contributed by atoms with Crippen LogP contribution in [0.25, 0.3) is 0 Å². The van der Waals surface area contributed by atoms with Crippen molar-refractivity contribution in [3.05, 3.63) is 17.0 Å². The number of rotatable bonds is 2. The zero-order chi connectivity index (χ0) is 12.8. The molecule has 0 saturated heterocycles. The molecule has 0 radical (unpaired) electrons. The van der Waals surface area contributed by atoms with Crippen LogP contribution in [-0.4, -0.2) is 46.4 Å². The normalized spacial score (nSPS) is 16.8. The highest BCUT2D eigenvalue weighted by Crippen LogP contribution is 2.23. The summed E-state index contributed by atoms with van der Waals surface area (Å²) in [4.78, 5) is 11.1. The third-order valence-corrected chi connectivity index (χ3v) is 4.08. The standard InChI is InChI=1S/C9H13N3O4S/c1-11-8(9(13)14)6-5-12(17(2,15)16)4-3-7(6)10-11/h3-5H2,1-2H3,(H,13,14). The summed E-state index contributed by atoms with van der Waals surface area (Å²) in [6.07, 6.45) is 1.57. The van der Waals surface area contributed by atoms with Crippen molar-refractivity contribution < 1.29 is 18.3 Å². The molecule has 0 amide bonds. The number of fused-ring (bicyclic) bond motifs is 1. The lowest BCUT2D eigenvalue weighted by molar-refractivity contribution is 0.0683. The summed E-state index contributed by atoms with van der Waals surface area (Å²) in [5, 5.41) is 13.2. The Morgan fingerprint density at radius 3 is 2.65 bits per heavy atom. The lowest BCUT2D eigenvalue weighted by Gasteiger charge is -2.23. The summed E-state index contributed by atoms with van der Waals surface area (Å²) in [7, 11) is -1.75. The molecular formula is C9H13N3O4S. The minimum Gasteiger partial charge on any atom is -0.477 e. The molecule has 0 spiro atoms. The van der Waals surface area contributed by atoms with Gasteiger partial charge in [-0.15, -0.1) is 0 Å². The van der Waals surface area contributed by atoms with Crippen molar-refractivity contribution in [1.29, 1.82) is 0 Å². The summed E-state index contributed by atoms with van der Waals surface area (Å²) >= 11 is 0. The summed E-state index contributed by atoms with van der Waals surface area (Å²) in [6.45, 7) is 0.436. The summed E-state index contributed by atoms with van der Waals surface area (Å²) in [5.41, 5.74) is 1.23. The maximum Gasteiger partial charge on any atom is 0.354 e. The average molecular weight is 259 g/mol. The van der Waals surface area contributed by atoms with Crippen molar-refractivity contribution in [2.75, 3.05) is 12.8 Å².